The molecule has 0 bridgehead atoms. The number of carbonyl (C=O) groups is 2. The van der Waals surface area contributed by atoms with E-state index in [4.69, 9.17) is 4.74 Å². The molecule has 0 saturated heterocycles. The third-order valence-corrected chi connectivity index (χ3v) is 4.61. The molecule has 1 atom stereocenters. The minimum Gasteiger partial charge on any atom is -0.451 e. The molecule has 0 radical (unpaired) electrons. The van der Waals surface area contributed by atoms with Gasteiger partial charge >= 0.3 is 5.97 Å². The number of fused-ring (bicyclic) bond motifs is 2. The first kappa shape index (κ1) is 19.3. The fourth-order valence-corrected chi connectivity index (χ4v) is 3.09. The van der Waals surface area contributed by atoms with Gasteiger partial charge in [-0.15, -0.1) is 0 Å². The van der Waals surface area contributed by atoms with Crippen LogP contribution in [0.15, 0.2) is 71.9 Å². The molecule has 1 amide bonds. The number of carbonyl (C=O) groups excluding carboxylic acids is 2. The predicted molar refractivity (Wildman–Crippen MR) is 112 cm³/mol. The van der Waals surface area contributed by atoms with Crippen molar-refractivity contribution in [2.24, 2.45) is 0 Å². The highest BCUT2D eigenvalue weighted by molar-refractivity contribution is 6.02. The van der Waals surface area contributed by atoms with E-state index in [1.54, 1.807) is 48.7 Å². The Morgan fingerprint density at radius 1 is 1.00 bits per heavy atom. The van der Waals surface area contributed by atoms with E-state index in [0.29, 0.717) is 16.6 Å². The summed E-state index contributed by atoms with van der Waals surface area (Å²) in [4.78, 5) is 45.7. The second-order valence-corrected chi connectivity index (χ2v) is 6.69. The quantitative estimate of drug-likeness (QED) is 0.515. The van der Waals surface area contributed by atoms with Gasteiger partial charge in [-0.05, 0) is 43.3 Å². The number of nitrogens with zero attached hydrogens (tertiary/aromatic N) is 3. The SMILES string of the molecule is CC(OC(=O)Cn1cnc2ccccc2c1=O)C(=O)Nc1cccc2ncccc12. The Kier molecular flexibility index (Phi) is 5.21. The minimum absolute atomic E-state index is 0.341. The number of esters is 1. The summed E-state index contributed by atoms with van der Waals surface area (Å²) in [5, 5.41) is 3.94. The molecule has 8 nitrogen and oxygen atoms in total. The van der Waals surface area contributed by atoms with E-state index in [-0.39, 0.29) is 12.1 Å². The van der Waals surface area contributed by atoms with Crippen molar-refractivity contribution in [2.75, 3.05) is 5.32 Å². The number of aromatic nitrogens is 3. The summed E-state index contributed by atoms with van der Waals surface area (Å²) >= 11 is 0. The van der Waals surface area contributed by atoms with Gasteiger partial charge in [-0.25, -0.2) is 4.98 Å². The van der Waals surface area contributed by atoms with Crippen LogP contribution >= 0.6 is 0 Å². The molecule has 4 aromatic rings. The molecular weight excluding hydrogens is 384 g/mol. The standard InChI is InChI=1S/C22H18N4O4/c1-14(21(28)25-19-10-4-9-17-15(19)7-5-11-23-17)30-20(27)12-26-13-24-18-8-3-2-6-16(18)22(26)29/h2-11,13-14H,12H2,1H3,(H,25,28). The van der Waals surface area contributed by atoms with Crippen molar-refractivity contribution in [1.82, 2.24) is 14.5 Å². The lowest BCUT2D eigenvalue weighted by Gasteiger charge is -2.15. The lowest BCUT2D eigenvalue weighted by atomic mass is 10.2. The van der Waals surface area contributed by atoms with Gasteiger partial charge in [0.05, 0.1) is 28.4 Å². The van der Waals surface area contributed by atoms with Gasteiger partial charge in [0.1, 0.15) is 6.54 Å². The molecule has 150 valence electrons. The molecule has 30 heavy (non-hydrogen) atoms. The number of amides is 1. The van der Waals surface area contributed by atoms with E-state index in [1.807, 2.05) is 12.1 Å². The Balaban J connectivity index is 1.44. The summed E-state index contributed by atoms with van der Waals surface area (Å²) in [6.07, 6.45) is 1.91. The Morgan fingerprint density at radius 3 is 2.60 bits per heavy atom. The average molecular weight is 402 g/mol. The molecule has 4 rings (SSSR count). The van der Waals surface area contributed by atoms with E-state index < -0.39 is 18.0 Å². The van der Waals surface area contributed by atoms with E-state index in [1.165, 1.54) is 13.3 Å². The van der Waals surface area contributed by atoms with Gasteiger partial charge in [0.25, 0.3) is 11.5 Å². The molecule has 0 aliphatic rings. The second kappa shape index (κ2) is 8.12. The monoisotopic (exact) mass is 402 g/mol. The number of nitrogens with one attached hydrogen (secondary N) is 1. The van der Waals surface area contributed by atoms with Crippen molar-refractivity contribution in [3.8, 4) is 0 Å². The van der Waals surface area contributed by atoms with Crippen LogP contribution in [0.1, 0.15) is 6.92 Å². The fraction of sp³-hybridized carbons (Fsp3) is 0.136. The molecule has 2 heterocycles. The summed E-state index contributed by atoms with van der Waals surface area (Å²) in [6.45, 7) is 1.13. The average Bonchev–Trinajstić information content (AvgIpc) is 2.76. The first-order valence-electron chi connectivity index (χ1n) is 9.31. The summed E-state index contributed by atoms with van der Waals surface area (Å²) < 4.78 is 6.37. The van der Waals surface area contributed by atoms with Crippen LogP contribution in [0.5, 0.6) is 0 Å². The van der Waals surface area contributed by atoms with Gasteiger partial charge in [0, 0.05) is 11.6 Å². The van der Waals surface area contributed by atoms with Crippen LogP contribution in [-0.2, 0) is 20.9 Å². The van der Waals surface area contributed by atoms with Crippen LogP contribution in [0, 0.1) is 0 Å². The highest BCUT2D eigenvalue weighted by Gasteiger charge is 2.19. The molecule has 1 N–H and O–H groups in total. The maximum Gasteiger partial charge on any atom is 0.326 e. The number of benzene rings is 2. The molecule has 1 unspecified atom stereocenters. The van der Waals surface area contributed by atoms with Crippen molar-refractivity contribution in [3.05, 3.63) is 77.5 Å². The van der Waals surface area contributed by atoms with Gasteiger partial charge < -0.3 is 10.1 Å². The highest BCUT2D eigenvalue weighted by atomic mass is 16.5. The third kappa shape index (κ3) is 3.88. The first-order chi connectivity index (χ1) is 14.5. The van der Waals surface area contributed by atoms with E-state index in [9.17, 15) is 14.4 Å². The fourth-order valence-electron chi connectivity index (χ4n) is 3.09. The van der Waals surface area contributed by atoms with Crippen LogP contribution in [0.3, 0.4) is 0 Å². The molecule has 2 aromatic carbocycles. The molecule has 0 aliphatic carbocycles. The van der Waals surface area contributed by atoms with E-state index >= 15 is 0 Å². The van der Waals surface area contributed by atoms with Crippen molar-refractivity contribution in [2.45, 2.75) is 19.6 Å². The van der Waals surface area contributed by atoms with Crippen LogP contribution in [0.2, 0.25) is 0 Å². The molecule has 0 fully saturated rings. The third-order valence-electron chi connectivity index (χ3n) is 4.61. The Hall–Kier alpha value is -4.07. The topological polar surface area (TPSA) is 103 Å². The molecule has 2 aromatic heterocycles. The molecular formula is C22H18N4O4. The van der Waals surface area contributed by atoms with Crippen LogP contribution in [0.4, 0.5) is 5.69 Å². The second-order valence-electron chi connectivity index (χ2n) is 6.69. The molecule has 0 aliphatic heterocycles. The molecule has 0 saturated carbocycles. The smallest absolute Gasteiger partial charge is 0.326 e. The van der Waals surface area contributed by atoms with Crippen LogP contribution < -0.4 is 10.9 Å². The number of para-hydroxylation sites is 1. The summed E-state index contributed by atoms with van der Waals surface area (Å²) in [5.74, 6) is -1.19. The zero-order chi connectivity index (χ0) is 21.1. The zero-order valence-electron chi connectivity index (χ0n) is 16.1. The lowest BCUT2D eigenvalue weighted by Crippen LogP contribution is -2.33. The van der Waals surface area contributed by atoms with E-state index in [2.05, 4.69) is 15.3 Å². The number of anilines is 1. The van der Waals surface area contributed by atoms with Gasteiger partial charge in [-0.2, -0.15) is 0 Å². The largest absolute Gasteiger partial charge is 0.451 e. The van der Waals surface area contributed by atoms with Gasteiger partial charge in [0.15, 0.2) is 6.10 Å². The first-order valence-corrected chi connectivity index (χ1v) is 9.31. The number of hydrogen-bond donors (Lipinski definition) is 1. The maximum absolute atomic E-state index is 12.5. The lowest BCUT2D eigenvalue weighted by molar-refractivity contribution is -0.153. The number of ether oxygens (including phenoxy) is 1. The highest BCUT2D eigenvalue weighted by Crippen LogP contribution is 2.21. The Labute approximate surface area is 171 Å². The Bertz CT molecular complexity index is 1310. The van der Waals surface area contributed by atoms with Crippen LogP contribution in [-0.4, -0.2) is 32.5 Å². The van der Waals surface area contributed by atoms with Crippen molar-refractivity contribution in [1.29, 1.82) is 0 Å². The predicted octanol–water partition coefficient (Wildman–Crippen LogP) is 2.52. The summed E-state index contributed by atoms with van der Waals surface area (Å²) in [5.41, 5.74) is 1.51. The van der Waals surface area contributed by atoms with Gasteiger partial charge in [-0.3, -0.25) is 23.9 Å². The van der Waals surface area contributed by atoms with Crippen LogP contribution in [0.25, 0.3) is 21.8 Å². The van der Waals surface area contributed by atoms with Gasteiger partial charge in [0.2, 0.25) is 0 Å². The minimum atomic E-state index is -1.05. The normalized spacial score (nSPS) is 11.9. The van der Waals surface area contributed by atoms with Gasteiger partial charge in [-0.1, -0.05) is 18.2 Å². The summed E-state index contributed by atoms with van der Waals surface area (Å²) in [7, 11) is 0. The van der Waals surface area contributed by atoms with Crippen molar-refractivity contribution in [3.63, 3.8) is 0 Å². The summed E-state index contributed by atoms with van der Waals surface area (Å²) in [6, 6.07) is 15.8. The Morgan fingerprint density at radius 2 is 1.73 bits per heavy atom. The zero-order valence-corrected chi connectivity index (χ0v) is 16.1. The molecule has 0 spiro atoms. The van der Waals surface area contributed by atoms with Crippen molar-refractivity contribution >= 4 is 39.4 Å². The molecule has 8 heteroatoms. The van der Waals surface area contributed by atoms with E-state index in [0.717, 1.165) is 15.5 Å². The number of rotatable bonds is 5. The number of pyridine rings is 1. The van der Waals surface area contributed by atoms with Crippen molar-refractivity contribution < 1.29 is 14.3 Å². The number of hydrogen-bond acceptors (Lipinski definition) is 6. The maximum atomic E-state index is 12.5.